The van der Waals surface area contributed by atoms with Crippen molar-refractivity contribution in [1.82, 2.24) is 9.97 Å². The third-order valence-corrected chi connectivity index (χ3v) is 3.65. The van der Waals surface area contributed by atoms with Gasteiger partial charge in [-0.25, -0.2) is 9.97 Å². The van der Waals surface area contributed by atoms with Gasteiger partial charge in [0.1, 0.15) is 12.1 Å². The molecule has 21 heavy (non-hydrogen) atoms. The van der Waals surface area contributed by atoms with E-state index in [9.17, 15) is 0 Å². The number of hydrogen-bond acceptors (Lipinski definition) is 4. The largest absolute Gasteiger partial charge is 0.544 e. The number of aliphatic imine (C=N–C) groups is 1. The molecule has 0 saturated heterocycles. The van der Waals surface area contributed by atoms with E-state index in [1.165, 1.54) is 6.33 Å². The molecule has 4 nitrogen and oxygen atoms in total. The van der Waals surface area contributed by atoms with Gasteiger partial charge in [0.15, 0.2) is 0 Å². The zero-order chi connectivity index (χ0) is 15.3. The van der Waals surface area contributed by atoms with Gasteiger partial charge in [0.2, 0.25) is 8.32 Å². The smallest absolute Gasteiger partial charge is 0.242 e. The Morgan fingerprint density at radius 2 is 1.81 bits per heavy atom. The van der Waals surface area contributed by atoms with Crippen molar-refractivity contribution in [3.63, 3.8) is 0 Å². The maximum atomic E-state index is 6.15. The number of para-hydroxylation sites is 1. The molecule has 110 valence electrons. The molecule has 0 radical (unpaired) electrons. The molecule has 5 heteroatoms. The van der Waals surface area contributed by atoms with Crippen LogP contribution in [-0.4, -0.2) is 24.5 Å². The van der Waals surface area contributed by atoms with Crippen LogP contribution in [0.4, 0.5) is 0 Å². The Bertz CT molecular complexity index is 608. The molecular weight excluding hydrogens is 278 g/mol. The molecular formula is C16H21N3OSi. The van der Waals surface area contributed by atoms with Crippen LogP contribution in [0.15, 0.2) is 48.0 Å². The molecule has 1 heterocycles. The Labute approximate surface area is 127 Å². The summed E-state index contributed by atoms with van der Waals surface area (Å²) < 4.78 is 6.15. The average molecular weight is 299 g/mol. The summed E-state index contributed by atoms with van der Waals surface area (Å²) in [7, 11) is -1.63. The highest BCUT2D eigenvalue weighted by Crippen LogP contribution is 2.29. The monoisotopic (exact) mass is 299 g/mol. The second-order valence-electron chi connectivity index (χ2n) is 5.88. The van der Waals surface area contributed by atoms with Crippen molar-refractivity contribution in [3.8, 4) is 5.75 Å². The Morgan fingerprint density at radius 1 is 1.14 bits per heavy atom. The number of hydrogen-bond donors (Lipinski definition) is 0. The van der Waals surface area contributed by atoms with E-state index in [0.29, 0.717) is 0 Å². The molecule has 0 spiro atoms. The minimum Gasteiger partial charge on any atom is -0.544 e. The van der Waals surface area contributed by atoms with Crippen molar-refractivity contribution in [1.29, 1.82) is 0 Å². The van der Waals surface area contributed by atoms with Crippen LogP contribution < -0.4 is 4.43 Å². The highest BCUT2D eigenvalue weighted by Gasteiger charge is 2.19. The summed E-state index contributed by atoms with van der Waals surface area (Å²) in [6, 6.07) is 8.13. The van der Waals surface area contributed by atoms with Crippen molar-refractivity contribution < 1.29 is 4.43 Å². The van der Waals surface area contributed by atoms with Gasteiger partial charge in [0, 0.05) is 29.7 Å². The molecule has 0 N–H and O–H groups in total. The first kappa shape index (κ1) is 15.4. The molecule has 0 amide bonds. The molecule has 0 saturated carbocycles. The van der Waals surface area contributed by atoms with E-state index in [2.05, 4.69) is 47.6 Å². The second kappa shape index (κ2) is 6.63. The minimum absolute atomic E-state index is 0.0257. The summed E-state index contributed by atoms with van der Waals surface area (Å²) >= 11 is 0. The van der Waals surface area contributed by atoms with Crippen molar-refractivity contribution >= 4 is 14.5 Å². The summed E-state index contributed by atoms with van der Waals surface area (Å²) in [5.74, 6) is 0.936. The SMILES string of the molecule is CC(/N=C/c1cncnc1)c1ccccc1O[Si](C)(C)C. The predicted molar refractivity (Wildman–Crippen MR) is 88.5 cm³/mol. The number of benzene rings is 1. The normalized spacial score (nSPS) is 13.3. The Kier molecular flexibility index (Phi) is 4.85. The van der Waals surface area contributed by atoms with Crippen LogP contribution in [0.25, 0.3) is 0 Å². The van der Waals surface area contributed by atoms with Crippen LogP contribution >= 0.6 is 0 Å². The molecule has 1 unspecified atom stereocenters. The lowest BCUT2D eigenvalue weighted by Gasteiger charge is -2.22. The fourth-order valence-electron chi connectivity index (χ4n) is 1.90. The number of aromatic nitrogens is 2. The number of rotatable bonds is 5. The summed E-state index contributed by atoms with van der Waals surface area (Å²) in [5, 5.41) is 0. The molecule has 0 bridgehead atoms. The van der Waals surface area contributed by atoms with Gasteiger partial charge < -0.3 is 4.43 Å². The standard InChI is InChI=1S/C16H21N3OSi/c1-13(19-11-14-9-17-12-18-10-14)15-7-5-6-8-16(15)20-21(2,3)4/h5-13H,1-4H3/b19-11+. The maximum absolute atomic E-state index is 6.15. The molecule has 0 aliphatic heterocycles. The van der Waals surface area contributed by atoms with E-state index < -0.39 is 8.32 Å². The van der Waals surface area contributed by atoms with Crippen LogP contribution in [-0.2, 0) is 0 Å². The van der Waals surface area contributed by atoms with Gasteiger partial charge in [0.05, 0.1) is 6.04 Å². The molecule has 0 aliphatic carbocycles. The third-order valence-electron chi connectivity index (χ3n) is 2.81. The molecule has 1 aromatic heterocycles. The van der Waals surface area contributed by atoms with E-state index in [1.807, 2.05) is 18.2 Å². The topological polar surface area (TPSA) is 47.4 Å². The lowest BCUT2D eigenvalue weighted by atomic mass is 10.1. The molecule has 2 rings (SSSR count). The molecule has 2 aromatic rings. The van der Waals surface area contributed by atoms with Crippen molar-refractivity contribution in [3.05, 3.63) is 54.1 Å². The third kappa shape index (κ3) is 4.79. The van der Waals surface area contributed by atoms with Crippen LogP contribution in [0.2, 0.25) is 19.6 Å². The van der Waals surface area contributed by atoms with E-state index in [4.69, 9.17) is 4.43 Å². The minimum atomic E-state index is -1.63. The zero-order valence-electron chi connectivity index (χ0n) is 12.9. The summed E-state index contributed by atoms with van der Waals surface area (Å²) in [6.45, 7) is 8.60. The lowest BCUT2D eigenvalue weighted by Crippen LogP contribution is -2.29. The Hall–Kier alpha value is -2.01. The average Bonchev–Trinajstić information content (AvgIpc) is 2.45. The fourth-order valence-corrected chi connectivity index (χ4v) is 2.75. The van der Waals surface area contributed by atoms with E-state index >= 15 is 0 Å². The van der Waals surface area contributed by atoms with Gasteiger partial charge in [-0.1, -0.05) is 18.2 Å². The van der Waals surface area contributed by atoms with Gasteiger partial charge in [-0.15, -0.1) is 0 Å². The predicted octanol–water partition coefficient (Wildman–Crippen LogP) is 3.87. The summed E-state index contributed by atoms with van der Waals surface area (Å²) in [6.07, 6.45) is 6.80. The quantitative estimate of drug-likeness (QED) is 0.622. The van der Waals surface area contributed by atoms with Gasteiger partial charge in [-0.2, -0.15) is 0 Å². The van der Waals surface area contributed by atoms with Crippen molar-refractivity contribution in [2.24, 2.45) is 4.99 Å². The van der Waals surface area contributed by atoms with E-state index in [-0.39, 0.29) is 6.04 Å². The highest BCUT2D eigenvalue weighted by molar-refractivity contribution is 6.70. The second-order valence-corrected chi connectivity index (χ2v) is 10.3. The molecule has 1 aromatic carbocycles. The van der Waals surface area contributed by atoms with E-state index in [0.717, 1.165) is 16.9 Å². The number of nitrogens with zero attached hydrogens (tertiary/aromatic N) is 3. The first-order valence-corrected chi connectivity index (χ1v) is 10.4. The van der Waals surface area contributed by atoms with Gasteiger partial charge in [-0.3, -0.25) is 4.99 Å². The maximum Gasteiger partial charge on any atom is 0.242 e. The molecule has 0 fully saturated rings. The van der Waals surface area contributed by atoms with Crippen molar-refractivity contribution in [2.45, 2.75) is 32.6 Å². The van der Waals surface area contributed by atoms with Crippen LogP contribution in [0, 0.1) is 0 Å². The summed E-state index contributed by atoms with van der Waals surface area (Å²) in [4.78, 5) is 12.5. The lowest BCUT2D eigenvalue weighted by molar-refractivity contribution is 0.543. The first-order chi connectivity index (χ1) is 9.96. The Morgan fingerprint density at radius 3 is 2.48 bits per heavy atom. The molecule has 0 aliphatic rings. The Balaban J connectivity index is 2.19. The first-order valence-electron chi connectivity index (χ1n) is 7.02. The molecule has 1 atom stereocenters. The van der Waals surface area contributed by atoms with E-state index in [1.54, 1.807) is 18.6 Å². The summed E-state index contributed by atoms with van der Waals surface area (Å²) in [5.41, 5.74) is 2.00. The van der Waals surface area contributed by atoms with Crippen LogP contribution in [0.3, 0.4) is 0 Å². The van der Waals surface area contributed by atoms with Gasteiger partial charge >= 0.3 is 0 Å². The van der Waals surface area contributed by atoms with Crippen molar-refractivity contribution in [2.75, 3.05) is 0 Å². The van der Waals surface area contributed by atoms with Crippen LogP contribution in [0.1, 0.15) is 24.1 Å². The highest BCUT2D eigenvalue weighted by atomic mass is 28.4. The van der Waals surface area contributed by atoms with Gasteiger partial charge in [0.25, 0.3) is 0 Å². The van der Waals surface area contributed by atoms with Crippen LogP contribution in [0.5, 0.6) is 5.75 Å². The van der Waals surface area contributed by atoms with Gasteiger partial charge in [-0.05, 0) is 32.6 Å². The fraction of sp³-hybridized carbons (Fsp3) is 0.312. The zero-order valence-corrected chi connectivity index (χ0v) is 13.9.